The monoisotopic (exact) mass is 260 g/mol. The molecule has 2 fully saturated rings. The van der Waals surface area contributed by atoms with Crippen LogP contribution in [0.3, 0.4) is 0 Å². The quantitative estimate of drug-likeness (QED) is 0.830. The van der Waals surface area contributed by atoms with Crippen LogP contribution in [0, 0.1) is 0 Å². The molecule has 3 heteroatoms. The van der Waals surface area contributed by atoms with Crippen LogP contribution >= 0.6 is 0 Å². The number of benzene rings is 1. The normalized spacial score (nSPS) is 25.0. The minimum Gasteiger partial charge on any atom is -0.496 e. The maximum atomic E-state index is 5.47. The fourth-order valence-electron chi connectivity index (χ4n) is 3.50. The van der Waals surface area contributed by atoms with E-state index in [9.17, 15) is 0 Å². The number of nitrogens with zero attached hydrogens (tertiary/aromatic N) is 2. The summed E-state index contributed by atoms with van der Waals surface area (Å²) in [6.45, 7) is 6.05. The molecular weight excluding hydrogens is 236 g/mol. The largest absolute Gasteiger partial charge is 0.496 e. The molecule has 0 amide bonds. The maximum absolute atomic E-state index is 5.47. The first-order chi connectivity index (χ1) is 9.36. The third-order valence-corrected chi connectivity index (χ3v) is 4.47. The topological polar surface area (TPSA) is 15.7 Å². The van der Waals surface area contributed by atoms with Gasteiger partial charge in [0.25, 0.3) is 0 Å². The van der Waals surface area contributed by atoms with E-state index in [0.717, 1.165) is 18.3 Å². The Balaban J connectivity index is 1.68. The first kappa shape index (κ1) is 12.9. The van der Waals surface area contributed by atoms with Crippen LogP contribution in [0.15, 0.2) is 24.3 Å². The Morgan fingerprint density at radius 1 is 1.16 bits per heavy atom. The average Bonchev–Trinajstić information content (AvgIpc) is 2.78. The van der Waals surface area contributed by atoms with Gasteiger partial charge in [0, 0.05) is 24.7 Å². The molecule has 1 aromatic rings. The average molecular weight is 260 g/mol. The molecule has 2 heterocycles. The molecule has 2 aliphatic rings. The van der Waals surface area contributed by atoms with Crippen molar-refractivity contribution in [2.75, 3.05) is 33.3 Å². The molecule has 0 radical (unpaired) electrons. The number of para-hydroxylation sites is 1. The van der Waals surface area contributed by atoms with Gasteiger partial charge in [0.05, 0.1) is 7.11 Å². The van der Waals surface area contributed by atoms with Gasteiger partial charge in [0.1, 0.15) is 5.75 Å². The van der Waals surface area contributed by atoms with E-state index in [1.165, 1.54) is 51.0 Å². The van der Waals surface area contributed by atoms with Crippen LogP contribution in [0.1, 0.15) is 24.8 Å². The number of methoxy groups -OCH3 is 1. The Labute approximate surface area is 116 Å². The summed E-state index contributed by atoms with van der Waals surface area (Å²) in [4.78, 5) is 5.29. The van der Waals surface area contributed by atoms with E-state index in [0.29, 0.717) is 0 Å². The van der Waals surface area contributed by atoms with Crippen molar-refractivity contribution >= 4 is 0 Å². The van der Waals surface area contributed by atoms with Crippen molar-refractivity contribution < 1.29 is 4.74 Å². The van der Waals surface area contributed by atoms with Crippen molar-refractivity contribution in [3.8, 4) is 5.75 Å². The Kier molecular flexibility index (Phi) is 4.04. The Hall–Kier alpha value is -1.06. The van der Waals surface area contributed by atoms with Gasteiger partial charge in [-0.3, -0.25) is 9.80 Å². The first-order valence-electron chi connectivity index (χ1n) is 7.45. The molecule has 0 aromatic heterocycles. The minimum atomic E-state index is 0.789. The van der Waals surface area contributed by atoms with Crippen molar-refractivity contribution in [3.05, 3.63) is 29.8 Å². The minimum absolute atomic E-state index is 0.789. The zero-order valence-electron chi connectivity index (χ0n) is 11.8. The van der Waals surface area contributed by atoms with Crippen molar-refractivity contribution in [2.45, 2.75) is 31.8 Å². The molecule has 0 saturated carbocycles. The van der Waals surface area contributed by atoms with Crippen LogP contribution in [0.4, 0.5) is 0 Å². The number of rotatable bonds is 3. The third-order valence-electron chi connectivity index (χ3n) is 4.47. The van der Waals surface area contributed by atoms with E-state index in [1.807, 2.05) is 6.07 Å². The molecule has 0 N–H and O–H groups in total. The second kappa shape index (κ2) is 5.93. The standard InChI is InChI=1S/C16H24N2O/c1-19-16-8-3-2-6-14(16)12-17-9-5-11-18-10-4-7-15(18)13-17/h2-3,6,8,15H,4-5,7,9-13H2,1H3. The van der Waals surface area contributed by atoms with Crippen molar-refractivity contribution in [3.63, 3.8) is 0 Å². The van der Waals surface area contributed by atoms with Gasteiger partial charge in [0.2, 0.25) is 0 Å². The summed E-state index contributed by atoms with van der Waals surface area (Å²) in [5, 5.41) is 0. The Bertz CT molecular complexity index is 421. The summed E-state index contributed by atoms with van der Waals surface area (Å²) in [6.07, 6.45) is 4.06. The highest BCUT2D eigenvalue weighted by Gasteiger charge is 2.28. The fraction of sp³-hybridized carbons (Fsp3) is 0.625. The van der Waals surface area contributed by atoms with Gasteiger partial charge in [-0.1, -0.05) is 18.2 Å². The Morgan fingerprint density at radius 2 is 2.00 bits per heavy atom. The highest BCUT2D eigenvalue weighted by molar-refractivity contribution is 5.33. The molecule has 1 aromatic carbocycles. The molecule has 2 aliphatic heterocycles. The van der Waals surface area contributed by atoms with Gasteiger partial charge in [-0.15, -0.1) is 0 Å². The lowest BCUT2D eigenvalue weighted by molar-refractivity contribution is 0.214. The zero-order chi connectivity index (χ0) is 13.1. The highest BCUT2D eigenvalue weighted by Crippen LogP contribution is 2.24. The molecule has 3 nitrogen and oxygen atoms in total. The molecule has 3 rings (SSSR count). The van der Waals surface area contributed by atoms with Crippen LogP contribution in [0.2, 0.25) is 0 Å². The van der Waals surface area contributed by atoms with Gasteiger partial charge >= 0.3 is 0 Å². The van der Waals surface area contributed by atoms with Crippen LogP contribution < -0.4 is 4.74 Å². The Morgan fingerprint density at radius 3 is 2.89 bits per heavy atom. The van der Waals surface area contributed by atoms with Gasteiger partial charge in [0.15, 0.2) is 0 Å². The number of ether oxygens (including phenoxy) is 1. The fourth-order valence-corrected chi connectivity index (χ4v) is 3.50. The second-order valence-electron chi connectivity index (χ2n) is 5.73. The van der Waals surface area contributed by atoms with E-state index in [4.69, 9.17) is 4.74 Å². The predicted molar refractivity (Wildman–Crippen MR) is 77.5 cm³/mol. The highest BCUT2D eigenvalue weighted by atomic mass is 16.5. The third kappa shape index (κ3) is 2.93. The zero-order valence-corrected chi connectivity index (χ0v) is 11.8. The molecule has 0 spiro atoms. The van der Waals surface area contributed by atoms with E-state index in [-0.39, 0.29) is 0 Å². The van der Waals surface area contributed by atoms with E-state index < -0.39 is 0 Å². The predicted octanol–water partition coefficient (Wildman–Crippen LogP) is 2.37. The van der Waals surface area contributed by atoms with Gasteiger partial charge in [-0.25, -0.2) is 0 Å². The van der Waals surface area contributed by atoms with Crippen LogP contribution in [0.5, 0.6) is 5.75 Å². The van der Waals surface area contributed by atoms with E-state index >= 15 is 0 Å². The molecule has 1 unspecified atom stereocenters. The number of fused-ring (bicyclic) bond motifs is 1. The van der Waals surface area contributed by atoms with Crippen LogP contribution in [-0.4, -0.2) is 49.1 Å². The summed E-state index contributed by atoms with van der Waals surface area (Å²) in [5.74, 6) is 1.02. The summed E-state index contributed by atoms with van der Waals surface area (Å²) >= 11 is 0. The molecular formula is C16H24N2O. The maximum Gasteiger partial charge on any atom is 0.123 e. The number of hydrogen-bond donors (Lipinski definition) is 0. The van der Waals surface area contributed by atoms with Crippen molar-refractivity contribution in [2.24, 2.45) is 0 Å². The molecule has 2 saturated heterocycles. The lowest BCUT2D eigenvalue weighted by atomic mass is 10.1. The summed E-state index contributed by atoms with van der Waals surface area (Å²) in [7, 11) is 1.76. The van der Waals surface area contributed by atoms with Crippen molar-refractivity contribution in [1.82, 2.24) is 9.80 Å². The van der Waals surface area contributed by atoms with E-state index in [2.05, 4.69) is 28.0 Å². The van der Waals surface area contributed by atoms with Gasteiger partial charge in [-0.05, 0) is 45.0 Å². The summed E-state index contributed by atoms with van der Waals surface area (Å²) < 4.78 is 5.47. The van der Waals surface area contributed by atoms with Gasteiger partial charge in [-0.2, -0.15) is 0 Å². The molecule has 0 aliphatic carbocycles. The second-order valence-corrected chi connectivity index (χ2v) is 5.73. The summed E-state index contributed by atoms with van der Waals surface area (Å²) in [6, 6.07) is 9.20. The van der Waals surface area contributed by atoms with Crippen molar-refractivity contribution in [1.29, 1.82) is 0 Å². The lowest BCUT2D eigenvalue weighted by Crippen LogP contribution is -2.36. The smallest absolute Gasteiger partial charge is 0.123 e. The van der Waals surface area contributed by atoms with Gasteiger partial charge < -0.3 is 4.74 Å². The SMILES string of the molecule is COc1ccccc1CN1CCCN2CCCC2C1. The van der Waals surface area contributed by atoms with Crippen LogP contribution in [-0.2, 0) is 6.54 Å². The van der Waals surface area contributed by atoms with E-state index in [1.54, 1.807) is 7.11 Å². The van der Waals surface area contributed by atoms with Crippen LogP contribution in [0.25, 0.3) is 0 Å². The first-order valence-corrected chi connectivity index (χ1v) is 7.45. The lowest BCUT2D eigenvalue weighted by Gasteiger charge is -2.26. The molecule has 19 heavy (non-hydrogen) atoms. The number of hydrogen-bond acceptors (Lipinski definition) is 3. The molecule has 1 atom stereocenters. The molecule has 0 bridgehead atoms. The molecule has 104 valence electrons. The summed E-state index contributed by atoms with van der Waals surface area (Å²) in [5.41, 5.74) is 1.32.